The Morgan fingerprint density at radius 1 is 1.38 bits per heavy atom. The molecule has 0 spiro atoms. The Bertz CT molecular complexity index is 518. The SMILES string of the molecule is CC(C(=O)O)C(C)n1cnc2ccccc21. The van der Waals surface area contributed by atoms with Gasteiger partial charge in [0.05, 0.1) is 23.3 Å². The summed E-state index contributed by atoms with van der Waals surface area (Å²) in [5.74, 6) is -1.22. The molecule has 84 valence electrons. The molecule has 2 rings (SSSR count). The van der Waals surface area contributed by atoms with E-state index in [1.165, 1.54) is 0 Å². The van der Waals surface area contributed by atoms with Gasteiger partial charge in [-0.3, -0.25) is 4.79 Å². The Morgan fingerprint density at radius 2 is 2.06 bits per heavy atom. The lowest BCUT2D eigenvalue weighted by Crippen LogP contribution is -2.21. The summed E-state index contributed by atoms with van der Waals surface area (Å²) in [5, 5.41) is 8.99. The first kappa shape index (κ1) is 10.7. The lowest BCUT2D eigenvalue weighted by Gasteiger charge is -2.18. The van der Waals surface area contributed by atoms with Crippen molar-refractivity contribution in [3.8, 4) is 0 Å². The fourth-order valence-electron chi connectivity index (χ4n) is 1.75. The van der Waals surface area contributed by atoms with Crippen molar-refractivity contribution in [2.24, 2.45) is 5.92 Å². The molecule has 4 nitrogen and oxygen atoms in total. The first-order chi connectivity index (χ1) is 7.61. The van der Waals surface area contributed by atoms with E-state index in [0.717, 1.165) is 11.0 Å². The average molecular weight is 218 g/mol. The van der Waals surface area contributed by atoms with Crippen molar-refractivity contribution in [3.05, 3.63) is 30.6 Å². The van der Waals surface area contributed by atoms with Crippen molar-refractivity contribution >= 4 is 17.0 Å². The zero-order valence-corrected chi connectivity index (χ0v) is 9.29. The summed E-state index contributed by atoms with van der Waals surface area (Å²) < 4.78 is 1.91. The van der Waals surface area contributed by atoms with Crippen LogP contribution in [0.5, 0.6) is 0 Å². The molecule has 1 N–H and O–H groups in total. The van der Waals surface area contributed by atoms with Crippen molar-refractivity contribution in [3.63, 3.8) is 0 Å². The van der Waals surface area contributed by atoms with Crippen molar-refractivity contribution in [2.45, 2.75) is 19.9 Å². The first-order valence-electron chi connectivity index (χ1n) is 5.25. The van der Waals surface area contributed by atoms with Gasteiger partial charge in [-0.1, -0.05) is 12.1 Å². The largest absolute Gasteiger partial charge is 0.481 e. The zero-order valence-electron chi connectivity index (χ0n) is 9.29. The molecule has 0 radical (unpaired) electrons. The number of rotatable bonds is 3. The van der Waals surface area contributed by atoms with Crippen LogP contribution in [0.15, 0.2) is 30.6 Å². The third-order valence-corrected chi connectivity index (χ3v) is 3.03. The Kier molecular flexibility index (Phi) is 2.64. The fourth-order valence-corrected chi connectivity index (χ4v) is 1.75. The zero-order chi connectivity index (χ0) is 11.7. The quantitative estimate of drug-likeness (QED) is 0.860. The number of aliphatic carboxylic acids is 1. The van der Waals surface area contributed by atoms with Gasteiger partial charge in [-0.2, -0.15) is 0 Å². The highest BCUT2D eigenvalue weighted by molar-refractivity contribution is 5.76. The van der Waals surface area contributed by atoms with Gasteiger partial charge >= 0.3 is 5.97 Å². The van der Waals surface area contributed by atoms with E-state index >= 15 is 0 Å². The number of nitrogens with zero attached hydrogens (tertiary/aromatic N) is 2. The predicted octanol–water partition coefficient (Wildman–Crippen LogP) is 2.32. The van der Waals surface area contributed by atoms with E-state index in [-0.39, 0.29) is 6.04 Å². The molecule has 1 heterocycles. The van der Waals surface area contributed by atoms with Gasteiger partial charge in [0.2, 0.25) is 0 Å². The van der Waals surface area contributed by atoms with Crippen molar-refractivity contribution in [1.82, 2.24) is 9.55 Å². The summed E-state index contributed by atoms with van der Waals surface area (Å²) in [5.41, 5.74) is 1.87. The number of carboxylic acids is 1. The monoisotopic (exact) mass is 218 g/mol. The highest BCUT2D eigenvalue weighted by atomic mass is 16.4. The number of aromatic nitrogens is 2. The van der Waals surface area contributed by atoms with E-state index in [1.807, 2.05) is 35.8 Å². The van der Waals surface area contributed by atoms with E-state index in [4.69, 9.17) is 5.11 Å². The number of hydrogen-bond donors (Lipinski definition) is 1. The van der Waals surface area contributed by atoms with Gasteiger partial charge in [0.25, 0.3) is 0 Å². The van der Waals surface area contributed by atoms with Crippen LogP contribution in [-0.2, 0) is 4.79 Å². The van der Waals surface area contributed by atoms with Gasteiger partial charge in [0, 0.05) is 6.04 Å². The van der Waals surface area contributed by atoms with Crippen LogP contribution in [-0.4, -0.2) is 20.6 Å². The second-order valence-corrected chi connectivity index (χ2v) is 4.01. The van der Waals surface area contributed by atoms with Crippen molar-refractivity contribution in [1.29, 1.82) is 0 Å². The molecule has 16 heavy (non-hydrogen) atoms. The molecule has 2 unspecified atom stereocenters. The Labute approximate surface area is 93.5 Å². The van der Waals surface area contributed by atoms with Gasteiger partial charge in [0.1, 0.15) is 0 Å². The topological polar surface area (TPSA) is 55.1 Å². The molecule has 1 aromatic carbocycles. The van der Waals surface area contributed by atoms with E-state index in [2.05, 4.69) is 4.98 Å². The van der Waals surface area contributed by atoms with E-state index < -0.39 is 11.9 Å². The molecule has 0 amide bonds. The summed E-state index contributed by atoms with van der Waals surface area (Å²) in [4.78, 5) is 15.2. The number of hydrogen-bond acceptors (Lipinski definition) is 2. The predicted molar refractivity (Wildman–Crippen MR) is 61.2 cm³/mol. The lowest BCUT2D eigenvalue weighted by atomic mass is 10.0. The average Bonchev–Trinajstić information content (AvgIpc) is 2.70. The van der Waals surface area contributed by atoms with Crippen LogP contribution in [0.1, 0.15) is 19.9 Å². The summed E-state index contributed by atoms with van der Waals surface area (Å²) >= 11 is 0. The Morgan fingerprint density at radius 3 is 2.75 bits per heavy atom. The van der Waals surface area contributed by atoms with Crippen LogP contribution in [0.3, 0.4) is 0 Å². The summed E-state index contributed by atoms with van der Waals surface area (Å²) in [7, 11) is 0. The molecular formula is C12H14N2O2. The smallest absolute Gasteiger partial charge is 0.308 e. The van der Waals surface area contributed by atoms with Crippen LogP contribution in [0.4, 0.5) is 0 Å². The van der Waals surface area contributed by atoms with Crippen LogP contribution in [0.25, 0.3) is 11.0 Å². The number of benzene rings is 1. The molecular weight excluding hydrogens is 204 g/mol. The maximum atomic E-state index is 10.9. The summed E-state index contributed by atoms with van der Waals surface area (Å²) in [6, 6.07) is 7.62. The molecule has 0 saturated heterocycles. The van der Waals surface area contributed by atoms with Gasteiger partial charge in [-0.05, 0) is 26.0 Å². The molecule has 0 fully saturated rings. The van der Waals surface area contributed by atoms with Gasteiger partial charge in [-0.25, -0.2) is 4.98 Å². The highest BCUT2D eigenvalue weighted by Gasteiger charge is 2.21. The molecule has 2 aromatic rings. The summed E-state index contributed by atoms with van der Waals surface area (Å²) in [6.07, 6.45) is 1.70. The van der Waals surface area contributed by atoms with Gasteiger partial charge < -0.3 is 9.67 Å². The standard InChI is InChI=1S/C12H14N2O2/c1-8(12(15)16)9(2)14-7-13-10-5-3-4-6-11(10)14/h3-9H,1-2H3,(H,15,16). The molecule has 0 bridgehead atoms. The number of carbonyl (C=O) groups is 1. The summed E-state index contributed by atoms with van der Waals surface area (Å²) in [6.45, 7) is 3.61. The second kappa shape index (κ2) is 3.96. The third-order valence-electron chi connectivity index (χ3n) is 3.03. The molecule has 2 atom stereocenters. The minimum absolute atomic E-state index is 0.107. The normalized spacial score (nSPS) is 14.9. The van der Waals surface area contributed by atoms with Crippen molar-refractivity contribution < 1.29 is 9.90 Å². The van der Waals surface area contributed by atoms with E-state index in [9.17, 15) is 4.79 Å². The molecule has 4 heteroatoms. The van der Waals surface area contributed by atoms with E-state index in [1.54, 1.807) is 13.3 Å². The molecule has 1 aromatic heterocycles. The Hall–Kier alpha value is -1.84. The first-order valence-corrected chi connectivity index (χ1v) is 5.25. The molecule has 0 saturated carbocycles. The maximum absolute atomic E-state index is 10.9. The van der Waals surface area contributed by atoms with Crippen LogP contribution >= 0.6 is 0 Å². The minimum Gasteiger partial charge on any atom is -0.481 e. The van der Waals surface area contributed by atoms with Crippen LogP contribution < -0.4 is 0 Å². The van der Waals surface area contributed by atoms with Crippen LogP contribution in [0, 0.1) is 5.92 Å². The second-order valence-electron chi connectivity index (χ2n) is 4.01. The molecule has 0 aliphatic rings. The maximum Gasteiger partial charge on any atom is 0.308 e. The number of para-hydroxylation sites is 2. The van der Waals surface area contributed by atoms with E-state index in [0.29, 0.717) is 0 Å². The molecule has 0 aliphatic carbocycles. The number of imidazole rings is 1. The van der Waals surface area contributed by atoms with Crippen molar-refractivity contribution in [2.75, 3.05) is 0 Å². The van der Waals surface area contributed by atoms with Gasteiger partial charge in [0.15, 0.2) is 0 Å². The number of carboxylic acid groups (broad SMARTS) is 1. The fraction of sp³-hybridized carbons (Fsp3) is 0.333. The molecule has 0 aliphatic heterocycles. The number of fused-ring (bicyclic) bond motifs is 1. The Balaban J connectivity index is 2.44. The van der Waals surface area contributed by atoms with Gasteiger partial charge in [-0.15, -0.1) is 0 Å². The van der Waals surface area contributed by atoms with Crippen LogP contribution in [0.2, 0.25) is 0 Å². The minimum atomic E-state index is -0.787. The highest BCUT2D eigenvalue weighted by Crippen LogP contribution is 2.23. The lowest BCUT2D eigenvalue weighted by molar-refractivity contribution is -0.142. The third kappa shape index (κ3) is 1.66.